The molecule has 1 aliphatic heterocycles. The molecule has 1 atom stereocenters. The number of hydrogen-bond donors (Lipinski definition) is 1. The van der Waals surface area contributed by atoms with Crippen molar-refractivity contribution in [2.24, 2.45) is 4.99 Å². The predicted molar refractivity (Wildman–Crippen MR) is 75.3 cm³/mol. The van der Waals surface area contributed by atoms with Crippen molar-refractivity contribution >= 4 is 12.3 Å². The molecular weight excluding hydrogens is 240 g/mol. The molecule has 0 aliphatic carbocycles. The monoisotopic (exact) mass is 258 g/mol. The van der Waals surface area contributed by atoms with Gasteiger partial charge in [-0.1, -0.05) is 42.5 Å². The van der Waals surface area contributed by atoms with Crippen LogP contribution in [0.3, 0.4) is 0 Å². The van der Waals surface area contributed by atoms with Crippen molar-refractivity contribution < 1.29 is 9.53 Å². The van der Waals surface area contributed by atoms with Crippen LogP contribution in [-0.4, -0.2) is 24.9 Å². The van der Waals surface area contributed by atoms with Crippen molar-refractivity contribution in [3.63, 3.8) is 0 Å². The number of nitrogens with zero attached hydrogens (tertiary/aromatic N) is 1. The number of ether oxygens (including phenoxy) is 1. The zero-order valence-corrected chi connectivity index (χ0v) is 10.8. The van der Waals surface area contributed by atoms with Crippen LogP contribution >= 0.6 is 0 Å². The largest absolute Gasteiger partial charge is 0.445 e. The molecule has 0 unspecified atom stereocenters. The van der Waals surface area contributed by atoms with Crippen LogP contribution < -0.4 is 5.32 Å². The van der Waals surface area contributed by atoms with Gasteiger partial charge in [-0.25, -0.2) is 4.79 Å². The van der Waals surface area contributed by atoms with Gasteiger partial charge < -0.3 is 10.1 Å². The molecule has 0 saturated carbocycles. The third kappa shape index (κ3) is 4.95. The Morgan fingerprint density at radius 3 is 3.00 bits per heavy atom. The molecule has 19 heavy (non-hydrogen) atoms. The van der Waals surface area contributed by atoms with Gasteiger partial charge in [-0.15, -0.1) is 0 Å². The Labute approximate surface area is 113 Å². The molecule has 0 bridgehead atoms. The molecule has 4 heteroatoms. The summed E-state index contributed by atoms with van der Waals surface area (Å²) < 4.78 is 5.17. The molecule has 100 valence electrons. The SMILES string of the molecule is O=C(N[C@@H]1C=NCC/C=C\C1)OCc1ccccc1. The lowest BCUT2D eigenvalue weighted by Gasteiger charge is -2.14. The maximum Gasteiger partial charge on any atom is 0.407 e. The smallest absolute Gasteiger partial charge is 0.407 e. The van der Waals surface area contributed by atoms with Crippen LogP contribution in [0.15, 0.2) is 47.5 Å². The summed E-state index contributed by atoms with van der Waals surface area (Å²) in [5.74, 6) is 0. The van der Waals surface area contributed by atoms with Crippen LogP contribution in [0, 0.1) is 0 Å². The number of nitrogens with one attached hydrogen (secondary N) is 1. The highest BCUT2D eigenvalue weighted by molar-refractivity contribution is 5.75. The fourth-order valence-electron chi connectivity index (χ4n) is 1.78. The summed E-state index contributed by atoms with van der Waals surface area (Å²) >= 11 is 0. The Kier molecular flexibility index (Phi) is 5.17. The van der Waals surface area contributed by atoms with Crippen LogP contribution in [0.25, 0.3) is 0 Å². The lowest BCUT2D eigenvalue weighted by atomic mass is 10.2. The normalized spacial score (nSPS) is 20.1. The highest BCUT2D eigenvalue weighted by Crippen LogP contribution is 2.02. The molecule has 0 aromatic heterocycles. The second kappa shape index (κ2) is 7.36. The average Bonchev–Trinajstić information content (AvgIpc) is 2.41. The lowest BCUT2D eigenvalue weighted by molar-refractivity contribution is 0.138. The Morgan fingerprint density at radius 2 is 2.16 bits per heavy atom. The van der Waals surface area contributed by atoms with Crippen LogP contribution in [0.4, 0.5) is 4.79 Å². The van der Waals surface area contributed by atoms with Gasteiger partial charge >= 0.3 is 6.09 Å². The van der Waals surface area contributed by atoms with Crippen LogP contribution in [0.1, 0.15) is 18.4 Å². The Bertz CT molecular complexity index is 454. The molecule has 1 N–H and O–H groups in total. The molecule has 0 radical (unpaired) electrons. The minimum Gasteiger partial charge on any atom is -0.445 e. The number of carbonyl (C=O) groups excluding carboxylic acids is 1. The first-order valence-corrected chi connectivity index (χ1v) is 6.47. The molecule has 2 rings (SSSR count). The summed E-state index contributed by atoms with van der Waals surface area (Å²) in [6.45, 7) is 1.06. The number of benzene rings is 1. The van der Waals surface area contributed by atoms with E-state index in [-0.39, 0.29) is 12.6 Å². The molecule has 4 nitrogen and oxygen atoms in total. The summed E-state index contributed by atoms with van der Waals surface area (Å²) in [7, 11) is 0. The zero-order chi connectivity index (χ0) is 13.3. The third-order valence-corrected chi connectivity index (χ3v) is 2.78. The fraction of sp³-hybridized carbons (Fsp3) is 0.333. The van der Waals surface area contributed by atoms with Gasteiger partial charge in [0.05, 0.1) is 6.04 Å². The molecule has 1 aromatic rings. The summed E-state index contributed by atoms with van der Waals surface area (Å²) in [4.78, 5) is 15.9. The highest BCUT2D eigenvalue weighted by atomic mass is 16.5. The molecule has 0 saturated heterocycles. The Balaban J connectivity index is 1.77. The number of rotatable bonds is 3. The van der Waals surface area contributed by atoms with E-state index in [9.17, 15) is 4.79 Å². The number of alkyl carbamates (subject to hydrolysis) is 1. The van der Waals surface area contributed by atoms with Gasteiger partial charge in [0, 0.05) is 12.8 Å². The predicted octanol–water partition coefficient (Wildman–Crippen LogP) is 2.70. The Hall–Kier alpha value is -2.10. The van der Waals surface area contributed by atoms with E-state index in [1.165, 1.54) is 0 Å². The van der Waals surface area contributed by atoms with Crippen LogP contribution in [0.5, 0.6) is 0 Å². The molecule has 1 amide bonds. The summed E-state index contributed by atoms with van der Waals surface area (Å²) in [5.41, 5.74) is 0.976. The van der Waals surface area contributed by atoms with Gasteiger partial charge in [0.2, 0.25) is 0 Å². The highest BCUT2D eigenvalue weighted by Gasteiger charge is 2.10. The average molecular weight is 258 g/mol. The van der Waals surface area contributed by atoms with Gasteiger partial charge in [0.25, 0.3) is 0 Å². The van der Waals surface area contributed by atoms with E-state index in [1.54, 1.807) is 6.21 Å². The number of carbonyl (C=O) groups is 1. The van der Waals surface area contributed by atoms with E-state index in [0.717, 1.165) is 24.9 Å². The van der Waals surface area contributed by atoms with Gasteiger partial charge in [-0.05, 0) is 18.4 Å². The van der Waals surface area contributed by atoms with Crippen molar-refractivity contribution in [1.82, 2.24) is 5.32 Å². The maximum absolute atomic E-state index is 11.7. The van der Waals surface area contributed by atoms with E-state index in [2.05, 4.69) is 22.5 Å². The molecule has 0 fully saturated rings. The summed E-state index contributed by atoms with van der Waals surface area (Å²) in [6.07, 6.45) is 7.24. The molecule has 1 aromatic carbocycles. The van der Waals surface area contributed by atoms with Crippen molar-refractivity contribution in [2.75, 3.05) is 6.54 Å². The second-order valence-corrected chi connectivity index (χ2v) is 4.36. The molecular formula is C15H18N2O2. The third-order valence-electron chi connectivity index (χ3n) is 2.78. The van der Waals surface area contributed by atoms with Gasteiger partial charge in [0.15, 0.2) is 0 Å². The number of aliphatic imine (C=N–C) groups is 1. The van der Waals surface area contributed by atoms with Gasteiger partial charge in [0.1, 0.15) is 6.61 Å². The van der Waals surface area contributed by atoms with E-state index in [1.807, 2.05) is 30.3 Å². The first-order valence-electron chi connectivity index (χ1n) is 6.47. The number of amides is 1. The minimum atomic E-state index is -0.408. The molecule has 0 spiro atoms. The van der Waals surface area contributed by atoms with Crippen molar-refractivity contribution in [2.45, 2.75) is 25.5 Å². The standard InChI is InChI=1S/C15H18N2O2/c18-15(19-12-13-7-3-1-4-8-13)17-14-9-5-2-6-10-16-11-14/h1-5,7-8,11,14H,6,9-10,12H2,(H,17,18)/b5-2-,16-11?/t14-/m0/s1. The van der Waals surface area contributed by atoms with Crippen molar-refractivity contribution in [3.8, 4) is 0 Å². The fourth-order valence-corrected chi connectivity index (χ4v) is 1.78. The first-order chi connectivity index (χ1) is 9.34. The Morgan fingerprint density at radius 1 is 1.32 bits per heavy atom. The van der Waals surface area contributed by atoms with Crippen molar-refractivity contribution in [1.29, 1.82) is 0 Å². The maximum atomic E-state index is 11.7. The van der Waals surface area contributed by atoms with E-state index >= 15 is 0 Å². The van der Waals surface area contributed by atoms with E-state index in [4.69, 9.17) is 4.74 Å². The second-order valence-electron chi connectivity index (χ2n) is 4.36. The van der Waals surface area contributed by atoms with E-state index in [0.29, 0.717) is 0 Å². The van der Waals surface area contributed by atoms with Crippen LogP contribution in [-0.2, 0) is 11.3 Å². The zero-order valence-electron chi connectivity index (χ0n) is 10.8. The lowest BCUT2D eigenvalue weighted by Crippen LogP contribution is -2.36. The molecule has 1 aliphatic rings. The van der Waals surface area contributed by atoms with Gasteiger partial charge in [-0.3, -0.25) is 4.99 Å². The topological polar surface area (TPSA) is 50.7 Å². The van der Waals surface area contributed by atoms with Crippen molar-refractivity contribution in [3.05, 3.63) is 48.0 Å². The number of hydrogen-bond acceptors (Lipinski definition) is 3. The molecule has 1 heterocycles. The summed E-state index contributed by atoms with van der Waals surface area (Å²) in [6, 6.07) is 9.53. The van der Waals surface area contributed by atoms with Crippen LogP contribution in [0.2, 0.25) is 0 Å². The van der Waals surface area contributed by atoms with Gasteiger partial charge in [-0.2, -0.15) is 0 Å². The quantitative estimate of drug-likeness (QED) is 0.847. The summed E-state index contributed by atoms with van der Waals surface area (Å²) in [5, 5.41) is 2.80. The first kappa shape index (κ1) is 13.3. The van der Waals surface area contributed by atoms with E-state index < -0.39 is 6.09 Å². The minimum absolute atomic E-state index is 0.0835.